The normalized spacial score (nSPS) is 10.1. The number of alkyl halides is 1. The van der Waals surface area contributed by atoms with Gasteiger partial charge in [-0.2, -0.15) is 0 Å². The number of rotatable bonds is 4. The van der Waals surface area contributed by atoms with E-state index in [1.165, 1.54) is 12.1 Å². The molecule has 0 atom stereocenters. The Hall–Kier alpha value is -0.360. The largest absolute Gasteiger partial charge is 0.352 e. The Balaban J connectivity index is 2.65. The van der Waals surface area contributed by atoms with Crippen molar-refractivity contribution in [1.29, 1.82) is 0 Å². The van der Waals surface area contributed by atoms with Gasteiger partial charge < -0.3 is 5.32 Å². The second-order valence-electron chi connectivity index (χ2n) is 2.92. The van der Waals surface area contributed by atoms with Gasteiger partial charge in [-0.1, -0.05) is 34.2 Å². The molecule has 0 saturated carbocycles. The van der Waals surface area contributed by atoms with Crippen molar-refractivity contribution in [3.05, 3.63) is 34.6 Å². The summed E-state index contributed by atoms with van der Waals surface area (Å²) in [5, 5.41) is 2.92. The highest BCUT2D eigenvalue weighted by molar-refractivity contribution is 14.1. The number of amides is 1. The summed E-state index contributed by atoms with van der Waals surface area (Å²) in [5.41, 5.74) is 0.0351. The molecule has 0 unspecified atom stereocenters. The average Bonchev–Trinajstić information content (AvgIpc) is 2.17. The van der Waals surface area contributed by atoms with Crippen molar-refractivity contribution >= 4 is 40.1 Å². The number of carbonyl (C=O) groups is 1. The standard InChI is InChI=1S/C10H10ClFINO/c11-7-2-3-8(9(12)6-7)10(15)14-5-1-4-13/h2-3,6H,1,4-5H2,(H,14,15). The molecule has 0 saturated heterocycles. The third kappa shape index (κ3) is 3.95. The van der Waals surface area contributed by atoms with E-state index in [1.54, 1.807) is 0 Å². The fourth-order valence-corrected chi connectivity index (χ4v) is 1.58. The molecule has 1 aromatic carbocycles. The summed E-state index contributed by atoms with van der Waals surface area (Å²) in [4.78, 5) is 11.5. The topological polar surface area (TPSA) is 29.1 Å². The van der Waals surface area contributed by atoms with Crippen LogP contribution < -0.4 is 5.32 Å². The molecule has 1 aromatic rings. The van der Waals surface area contributed by atoms with Crippen molar-refractivity contribution in [3.8, 4) is 0 Å². The highest BCUT2D eigenvalue weighted by Gasteiger charge is 2.10. The van der Waals surface area contributed by atoms with Crippen molar-refractivity contribution < 1.29 is 9.18 Å². The van der Waals surface area contributed by atoms with E-state index in [1.807, 2.05) is 0 Å². The molecule has 0 aliphatic rings. The van der Waals surface area contributed by atoms with Crippen LogP contribution in [0.2, 0.25) is 5.02 Å². The van der Waals surface area contributed by atoms with Crippen LogP contribution in [0.3, 0.4) is 0 Å². The lowest BCUT2D eigenvalue weighted by atomic mass is 10.2. The monoisotopic (exact) mass is 341 g/mol. The lowest BCUT2D eigenvalue weighted by Crippen LogP contribution is -2.25. The SMILES string of the molecule is O=C(NCCCI)c1ccc(Cl)cc1F. The van der Waals surface area contributed by atoms with Gasteiger partial charge in [0.05, 0.1) is 5.56 Å². The van der Waals surface area contributed by atoms with Crippen LogP contribution in [0.25, 0.3) is 0 Å². The molecule has 5 heteroatoms. The Morgan fingerprint density at radius 2 is 2.27 bits per heavy atom. The third-order valence-corrected chi connectivity index (χ3v) is 2.77. The van der Waals surface area contributed by atoms with Crippen molar-refractivity contribution in [2.24, 2.45) is 0 Å². The van der Waals surface area contributed by atoms with Gasteiger partial charge in [-0.15, -0.1) is 0 Å². The molecule has 0 spiro atoms. The smallest absolute Gasteiger partial charge is 0.254 e. The summed E-state index contributed by atoms with van der Waals surface area (Å²) in [7, 11) is 0. The lowest BCUT2D eigenvalue weighted by molar-refractivity contribution is 0.0950. The van der Waals surface area contributed by atoms with E-state index < -0.39 is 11.7 Å². The molecule has 1 amide bonds. The minimum absolute atomic E-state index is 0.0351. The minimum Gasteiger partial charge on any atom is -0.352 e. The van der Waals surface area contributed by atoms with Gasteiger partial charge in [-0.25, -0.2) is 4.39 Å². The molecule has 1 N–H and O–H groups in total. The van der Waals surface area contributed by atoms with Gasteiger partial charge in [0, 0.05) is 16.0 Å². The predicted octanol–water partition coefficient (Wildman–Crippen LogP) is 3.03. The molecule has 0 aromatic heterocycles. The molecular weight excluding hydrogens is 331 g/mol. The Labute approximate surface area is 106 Å². The van der Waals surface area contributed by atoms with E-state index in [9.17, 15) is 9.18 Å². The Kier molecular flexibility index (Phi) is 5.31. The summed E-state index contributed by atoms with van der Waals surface area (Å²) in [6.07, 6.45) is 0.876. The van der Waals surface area contributed by atoms with Crippen LogP contribution in [-0.4, -0.2) is 16.9 Å². The molecular formula is C10H10ClFINO. The van der Waals surface area contributed by atoms with Gasteiger partial charge in [-0.05, 0) is 24.6 Å². The van der Waals surface area contributed by atoms with Crippen molar-refractivity contribution in [1.82, 2.24) is 5.32 Å². The second-order valence-corrected chi connectivity index (χ2v) is 4.44. The minimum atomic E-state index is -0.588. The van der Waals surface area contributed by atoms with E-state index in [2.05, 4.69) is 27.9 Å². The lowest BCUT2D eigenvalue weighted by Gasteiger charge is -2.05. The van der Waals surface area contributed by atoms with Gasteiger partial charge in [0.15, 0.2) is 0 Å². The van der Waals surface area contributed by atoms with Gasteiger partial charge in [-0.3, -0.25) is 4.79 Å². The van der Waals surface area contributed by atoms with E-state index in [4.69, 9.17) is 11.6 Å². The molecule has 82 valence electrons. The summed E-state index contributed by atoms with van der Waals surface area (Å²) in [5.74, 6) is -0.983. The van der Waals surface area contributed by atoms with Crippen LogP contribution >= 0.6 is 34.2 Å². The molecule has 0 radical (unpaired) electrons. The summed E-state index contributed by atoms with van der Waals surface area (Å²) < 4.78 is 14.2. The van der Waals surface area contributed by atoms with Crippen LogP contribution in [-0.2, 0) is 0 Å². The molecule has 1 rings (SSSR count). The zero-order valence-corrected chi connectivity index (χ0v) is 10.8. The maximum atomic E-state index is 13.3. The highest BCUT2D eigenvalue weighted by atomic mass is 127. The van der Waals surface area contributed by atoms with Crippen molar-refractivity contribution in [2.75, 3.05) is 11.0 Å². The first-order chi connectivity index (χ1) is 7.15. The summed E-state index contributed by atoms with van der Waals surface area (Å²) in [6, 6.07) is 4.02. The number of nitrogens with one attached hydrogen (secondary N) is 1. The fraction of sp³-hybridized carbons (Fsp3) is 0.300. The van der Waals surface area contributed by atoms with Gasteiger partial charge >= 0.3 is 0 Å². The van der Waals surface area contributed by atoms with E-state index in [0.717, 1.165) is 16.9 Å². The van der Waals surface area contributed by atoms with Crippen LogP contribution in [0.1, 0.15) is 16.8 Å². The van der Waals surface area contributed by atoms with E-state index >= 15 is 0 Å². The van der Waals surface area contributed by atoms with Gasteiger partial charge in [0.1, 0.15) is 5.82 Å². The van der Waals surface area contributed by atoms with Crippen LogP contribution in [0.15, 0.2) is 18.2 Å². The van der Waals surface area contributed by atoms with Crippen molar-refractivity contribution in [2.45, 2.75) is 6.42 Å². The molecule has 0 fully saturated rings. The molecule has 0 aliphatic carbocycles. The van der Waals surface area contributed by atoms with Crippen molar-refractivity contribution in [3.63, 3.8) is 0 Å². The van der Waals surface area contributed by atoms with Crippen LogP contribution in [0.5, 0.6) is 0 Å². The molecule has 0 heterocycles. The predicted molar refractivity (Wildman–Crippen MR) is 67.2 cm³/mol. The first-order valence-electron chi connectivity index (χ1n) is 4.44. The number of benzene rings is 1. The number of hydrogen-bond acceptors (Lipinski definition) is 1. The van der Waals surface area contributed by atoms with Crippen LogP contribution in [0, 0.1) is 5.82 Å². The van der Waals surface area contributed by atoms with Gasteiger partial charge in [0.2, 0.25) is 0 Å². The summed E-state index contributed by atoms with van der Waals surface area (Å²) in [6.45, 7) is 0.559. The molecule has 0 aliphatic heterocycles. The van der Waals surface area contributed by atoms with E-state index in [0.29, 0.717) is 6.54 Å². The Bertz CT molecular complexity index is 359. The number of hydrogen-bond donors (Lipinski definition) is 1. The van der Waals surface area contributed by atoms with Gasteiger partial charge in [0.25, 0.3) is 5.91 Å². The Morgan fingerprint density at radius 1 is 1.53 bits per heavy atom. The zero-order chi connectivity index (χ0) is 11.3. The quantitative estimate of drug-likeness (QED) is 0.509. The Morgan fingerprint density at radius 3 is 2.87 bits per heavy atom. The van der Waals surface area contributed by atoms with E-state index in [-0.39, 0.29) is 10.6 Å². The molecule has 2 nitrogen and oxygen atoms in total. The maximum Gasteiger partial charge on any atom is 0.254 e. The number of carbonyl (C=O) groups excluding carboxylic acids is 1. The fourth-order valence-electron chi connectivity index (χ4n) is 1.04. The number of halogens is 3. The molecule has 15 heavy (non-hydrogen) atoms. The zero-order valence-electron chi connectivity index (χ0n) is 7.90. The third-order valence-electron chi connectivity index (χ3n) is 1.77. The second kappa shape index (κ2) is 6.27. The summed E-state index contributed by atoms with van der Waals surface area (Å²) >= 11 is 7.79. The first kappa shape index (κ1) is 12.7. The first-order valence-corrected chi connectivity index (χ1v) is 6.34. The average molecular weight is 342 g/mol. The highest BCUT2D eigenvalue weighted by Crippen LogP contribution is 2.14. The maximum absolute atomic E-state index is 13.3. The van der Waals surface area contributed by atoms with Crippen LogP contribution in [0.4, 0.5) is 4.39 Å². The molecule has 0 bridgehead atoms.